The van der Waals surface area contributed by atoms with E-state index in [0.717, 1.165) is 6.54 Å². The van der Waals surface area contributed by atoms with Gasteiger partial charge < -0.3 is 15.4 Å². The lowest BCUT2D eigenvalue weighted by molar-refractivity contribution is -0.116. The first-order valence-electron chi connectivity index (χ1n) is 8.62. The molecule has 7 nitrogen and oxygen atoms in total. The third kappa shape index (κ3) is 6.75. The summed E-state index contributed by atoms with van der Waals surface area (Å²) >= 11 is 0. The van der Waals surface area contributed by atoms with E-state index < -0.39 is 10.0 Å². The number of amides is 1. The molecule has 0 spiro atoms. The molecule has 0 bridgehead atoms. The van der Waals surface area contributed by atoms with Gasteiger partial charge in [-0.15, -0.1) is 12.4 Å². The van der Waals surface area contributed by atoms with E-state index in [1.807, 2.05) is 14.0 Å². The van der Waals surface area contributed by atoms with E-state index in [2.05, 4.69) is 10.6 Å². The number of benzene rings is 1. The first-order valence-corrected chi connectivity index (χ1v) is 10.1. The van der Waals surface area contributed by atoms with Gasteiger partial charge in [0.25, 0.3) is 0 Å². The maximum atomic E-state index is 12.7. The lowest BCUT2D eigenvalue weighted by atomic mass is 10.2. The highest BCUT2D eigenvalue weighted by Gasteiger charge is 2.23. The fourth-order valence-electron chi connectivity index (χ4n) is 2.40. The van der Waals surface area contributed by atoms with Crippen molar-refractivity contribution in [2.24, 2.45) is 0 Å². The monoisotopic (exact) mass is 407 g/mol. The Hall–Kier alpha value is -1.35. The average molecular weight is 408 g/mol. The minimum Gasteiger partial charge on any atom is -0.492 e. The highest BCUT2D eigenvalue weighted by atomic mass is 35.5. The van der Waals surface area contributed by atoms with E-state index in [9.17, 15) is 13.2 Å². The Labute approximate surface area is 162 Å². The summed E-state index contributed by atoms with van der Waals surface area (Å²) in [5.41, 5.74) is 0.379. The van der Waals surface area contributed by atoms with Crippen LogP contribution in [0.15, 0.2) is 23.1 Å². The van der Waals surface area contributed by atoms with E-state index in [1.165, 1.54) is 16.4 Å². The SMILES string of the molecule is CCOc1ccc(S(=O)(=O)N(CC)CC)cc1NC(=O)CCCNC.Cl. The van der Waals surface area contributed by atoms with E-state index in [0.29, 0.717) is 44.0 Å². The Morgan fingerprint density at radius 3 is 2.38 bits per heavy atom. The van der Waals surface area contributed by atoms with Crippen LogP contribution in [-0.2, 0) is 14.8 Å². The number of hydrogen-bond donors (Lipinski definition) is 2. The predicted octanol–water partition coefficient (Wildman–Crippen LogP) is 2.48. The fourth-order valence-corrected chi connectivity index (χ4v) is 3.88. The second kappa shape index (κ2) is 12.1. The number of ether oxygens (including phenoxy) is 1. The van der Waals surface area contributed by atoms with Gasteiger partial charge >= 0.3 is 0 Å². The van der Waals surface area contributed by atoms with Crippen molar-refractivity contribution in [2.75, 3.05) is 38.6 Å². The van der Waals surface area contributed by atoms with Crippen molar-refractivity contribution in [2.45, 2.75) is 38.5 Å². The third-order valence-corrected chi connectivity index (χ3v) is 5.74. The normalized spacial score (nSPS) is 11.1. The number of hydrogen-bond acceptors (Lipinski definition) is 5. The minimum atomic E-state index is -3.60. The highest BCUT2D eigenvalue weighted by Crippen LogP contribution is 2.29. The molecule has 0 atom stereocenters. The molecular formula is C17H30ClN3O4S. The van der Waals surface area contributed by atoms with Crippen LogP contribution in [0.1, 0.15) is 33.6 Å². The van der Waals surface area contributed by atoms with Gasteiger partial charge in [-0.2, -0.15) is 4.31 Å². The Balaban J connectivity index is 0.00000625. The molecule has 0 saturated carbocycles. The second-order valence-corrected chi connectivity index (χ2v) is 7.37. The number of sulfonamides is 1. The lowest BCUT2D eigenvalue weighted by Crippen LogP contribution is -2.30. The smallest absolute Gasteiger partial charge is 0.243 e. The maximum Gasteiger partial charge on any atom is 0.243 e. The van der Waals surface area contributed by atoms with Crippen LogP contribution in [0.5, 0.6) is 5.75 Å². The van der Waals surface area contributed by atoms with Crippen molar-refractivity contribution in [1.29, 1.82) is 0 Å². The lowest BCUT2D eigenvalue weighted by Gasteiger charge is -2.20. The molecule has 0 aliphatic carbocycles. The molecule has 0 heterocycles. The molecule has 0 unspecified atom stereocenters. The first kappa shape index (κ1) is 24.7. The Morgan fingerprint density at radius 2 is 1.85 bits per heavy atom. The van der Waals surface area contributed by atoms with Crippen molar-refractivity contribution in [3.8, 4) is 5.75 Å². The number of carbonyl (C=O) groups is 1. The van der Waals surface area contributed by atoms with Crippen LogP contribution in [0, 0.1) is 0 Å². The van der Waals surface area contributed by atoms with Gasteiger partial charge in [0.05, 0.1) is 17.2 Å². The Kier molecular flexibility index (Phi) is 11.5. The van der Waals surface area contributed by atoms with Crippen LogP contribution in [0.25, 0.3) is 0 Å². The van der Waals surface area contributed by atoms with Crippen LogP contribution in [0.3, 0.4) is 0 Å². The van der Waals surface area contributed by atoms with E-state index in [-0.39, 0.29) is 23.2 Å². The molecule has 9 heteroatoms. The predicted molar refractivity (Wildman–Crippen MR) is 107 cm³/mol. The van der Waals surface area contributed by atoms with Crippen LogP contribution in [0.2, 0.25) is 0 Å². The Morgan fingerprint density at radius 1 is 1.19 bits per heavy atom. The van der Waals surface area contributed by atoms with Crippen LogP contribution in [-0.4, -0.2) is 51.9 Å². The van der Waals surface area contributed by atoms with Crippen molar-refractivity contribution >= 4 is 34.0 Å². The van der Waals surface area contributed by atoms with Crippen molar-refractivity contribution in [3.05, 3.63) is 18.2 Å². The van der Waals surface area contributed by atoms with Gasteiger partial charge in [-0.25, -0.2) is 8.42 Å². The molecule has 2 N–H and O–H groups in total. The molecular weight excluding hydrogens is 378 g/mol. The van der Waals surface area contributed by atoms with Gasteiger partial charge in [0, 0.05) is 19.5 Å². The molecule has 0 fully saturated rings. The molecule has 0 saturated heterocycles. The number of rotatable bonds is 11. The van der Waals surface area contributed by atoms with E-state index >= 15 is 0 Å². The molecule has 26 heavy (non-hydrogen) atoms. The second-order valence-electron chi connectivity index (χ2n) is 5.44. The fraction of sp³-hybridized carbons (Fsp3) is 0.588. The summed E-state index contributed by atoms with van der Waals surface area (Å²) < 4.78 is 32.2. The van der Waals surface area contributed by atoms with Gasteiger partial charge in [0.2, 0.25) is 15.9 Å². The summed E-state index contributed by atoms with van der Waals surface area (Å²) in [6.45, 7) is 7.35. The van der Waals surface area contributed by atoms with Gasteiger partial charge in [-0.1, -0.05) is 13.8 Å². The van der Waals surface area contributed by atoms with Gasteiger partial charge in [0.15, 0.2) is 0 Å². The maximum absolute atomic E-state index is 12.7. The number of nitrogens with zero attached hydrogens (tertiary/aromatic N) is 1. The van der Waals surface area contributed by atoms with Crippen LogP contribution in [0.4, 0.5) is 5.69 Å². The molecule has 150 valence electrons. The molecule has 0 aliphatic heterocycles. The zero-order chi connectivity index (χ0) is 18.9. The highest BCUT2D eigenvalue weighted by molar-refractivity contribution is 7.89. The number of carbonyl (C=O) groups excluding carboxylic acids is 1. The summed E-state index contributed by atoms with van der Waals surface area (Å²) in [4.78, 5) is 12.2. The molecule has 0 aromatic heterocycles. The zero-order valence-electron chi connectivity index (χ0n) is 15.9. The van der Waals surface area contributed by atoms with Gasteiger partial charge in [-0.3, -0.25) is 4.79 Å². The third-order valence-electron chi connectivity index (χ3n) is 3.70. The summed E-state index contributed by atoms with van der Waals surface area (Å²) in [6, 6.07) is 4.56. The van der Waals surface area contributed by atoms with Crippen LogP contribution < -0.4 is 15.4 Å². The van der Waals surface area contributed by atoms with Gasteiger partial charge in [0.1, 0.15) is 5.75 Å². The van der Waals surface area contributed by atoms with Crippen LogP contribution >= 0.6 is 12.4 Å². The Bertz CT molecular complexity index is 664. The summed E-state index contributed by atoms with van der Waals surface area (Å²) in [7, 11) is -1.77. The number of anilines is 1. The molecule has 1 aromatic carbocycles. The van der Waals surface area contributed by atoms with Crippen molar-refractivity contribution in [3.63, 3.8) is 0 Å². The largest absolute Gasteiger partial charge is 0.492 e. The molecule has 0 aliphatic rings. The molecule has 1 rings (SSSR count). The molecule has 1 aromatic rings. The summed E-state index contributed by atoms with van der Waals surface area (Å²) in [5, 5.41) is 5.75. The minimum absolute atomic E-state index is 0. The van der Waals surface area contributed by atoms with Crippen molar-refractivity contribution < 1.29 is 17.9 Å². The topological polar surface area (TPSA) is 87.7 Å². The number of nitrogens with one attached hydrogen (secondary N) is 2. The van der Waals surface area contributed by atoms with E-state index in [4.69, 9.17) is 4.74 Å². The molecule has 0 radical (unpaired) electrons. The molecule has 1 amide bonds. The number of halogens is 1. The van der Waals surface area contributed by atoms with E-state index in [1.54, 1.807) is 19.9 Å². The van der Waals surface area contributed by atoms with Crippen molar-refractivity contribution in [1.82, 2.24) is 9.62 Å². The average Bonchev–Trinajstić information content (AvgIpc) is 2.57. The summed E-state index contributed by atoms with van der Waals surface area (Å²) in [6.07, 6.45) is 1.04. The first-order chi connectivity index (χ1) is 11.9. The standard InChI is InChI=1S/C17H29N3O4S.ClH/c1-5-20(6-2)25(22,23)14-10-11-16(24-7-3)15(13-14)19-17(21)9-8-12-18-4;/h10-11,13,18H,5-9,12H2,1-4H3,(H,19,21);1H. The summed E-state index contributed by atoms with van der Waals surface area (Å²) in [5.74, 6) is 0.288. The quantitative estimate of drug-likeness (QED) is 0.550. The van der Waals surface area contributed by atoms with Gasteiger partial charge in [-0.05, 0) is 45.1 Å². The zero-order valence-corrected chi connectivity index (χ0v) is 17.5.